The van der Waals surface area contributed by atoms with Crippen molar-refractivity contribution in [3.8, 4) is 5.75 Å². The van der Waals surface area contributed by atoms with Gasteiger partial charge >= 0.3 is 0 Å². The van der Waals surface area contributed by atoms with Gasteiger partial charge in [-0.25, -0.2) is 4.98 Å². The minimum atomic E-state index is 0.0151. The third-order valence-electron chi connectivity index (χ3n) is 5.20. The minimum absolute atomic E-state index is 0.0151. The largest absolute Gasteiger partial charge is 0.497 e. The normalized spacial score (nSPS) is 15.6. The second-order valence-corrected chi connectivity index (χ2v) is 7.11. The number of hydrogen-bond acceptors (Lipinski definition) is 6. The van der Waals surface area contributed by atoms with Crippen LogP contribution in [0, 0.1) is 6.92 Å². The van der Waals surface area contributed by atoms with Crippen LogP contribution in [0.15, 0.2) is 41.1 Å². The maximum atomic E-state index is 13.0. The first-order chi connectivity index (χ1) is 13.6. The van der Waals surface area contributed by atoms with Gasteiger partial charge in [0.15, 0.2) is 0 Å². The van der Waals surface area contributed by atoms with Crippen LogP contribution < -0.4 is 4.74 Å². The average Bonchev–Trinajstić information content (AvgIpc) is 2.94. The van der Waals surface area contributed by atoms with E-state index in [4.69, 9.17) is 9.26 Å². The molecule has 1 amide bonds. The number of aryl methyl sites for hydroxylation is 1. The van der Waals surface area contributed by atoms with Gasteiger partial charge in [-0.05, 0) is 37.1 Å². The molecule has 1 saturated heterocycles. The summed E-state index contributed by atoms with van der Waals surface area (Å²) in [5.41, 5.74) is 3.05. The molecule has 1 aliphatic heterocycles. The Morgan fingerprint density at radius 3 is 2.79 bits per heavy atom. The second kappa shape index (κ2) is 7.98. The lowest BCUT2D eigenvalue weighted by atomic mass is 10.2. The molecule has 7 nitrogen and oxygen atoms in total. The van der Waals surface area contributed by atoms with Crippen molar-refractivity contribution in [2.45, 2.75) is 19.9 Å². The Balaban J connectivity index is 1.40. The summed E-state index contributed by atoms with van der Waals surface area (Å²) >= 11 is 0. The molecule has 146 valence electrons. The molecule has 0 saturated carbocycles. The van der Waals surface area contributed by atoms with Gasteiger partial charge in [0, 0.05) is 38.9 Å². The van der Waals surface area contributed by atoms with E-state index >= 15 is 0 Å². The number of ether oxygens (including phenoxy) is 1. The number of hydrogen-bond donors (Lipinski definition) is 0. The van der Waals surface area contributed by atoms with Gasteiger partial charge < -0.3 is 14.2 Å². The molecule has 0 N–H and O–H groups in total. The van der Waals surface area contributed by atoms with Gasteiger partial charge in [0.2, 0.25) is 0 Å². The van der Waals surface area contributed by atoms with Crippen molar-refractivity contribution >= 4 is 17.0 Å². The summed E-state index contributed by atoms with van der Waals surface area (Å²) in [6, 6.07) is 9.98. The van der Waals surface area contributed by atoms with Crippen LogP contribution in [0.3, 0.4) is 0 Å². The fourth-order valence-electron chi connectivity index (χ4n) is 3.57. The first-order valence-electron chi connectivity index (χ1n) is 9.50. The number of benzene rings is 1. The van der Waals surface area contributed by atoms with Crippen molar-refractivity contribution in [1.82, 2.24) is 19.9 Å². The molecule has 2 aromatic heterocycles. The Hall–Kier alpha value is -2.93. The number of aromatic nitrogens is 2. The Labute approximate surface area is 163 Å². The molecule has 0 radical (unpaired) electrons. The monoisotopic (exact) mass is 380 g/mol. The van der Waals surface area contributed by atoms with Crippen LogP contribution in [0.25, 0.3) is 11.1 Å². The van der Waals surface area contributed by atoms with Gasteiger partial charge in [0.25, 0.3) is 11.6 Å². The lowest BCUT2D eigenvalue weighted by Gasteiger charge is -2.22. The zero-order valence-electron chi connectivity index (χ0n) is 16.2. The molecule has 0 atom stereocenters. The van der Waals surface area contributed by atoms with Crippen molar-refractivity contribution in [3.05, 3.63) is 53.3 Å². The van der Waals surface area contributed by atoms with Crippen LogP contribution in [-0.2, 0) is 6.54 Å². The number of carbonyl (C=O) groups excluding carboxylic acids is 1. The smallest absolute Gasteiger partial charge is 0.257 e. The van der Waals surface area contributed by atoms with E-state index in [1.807, 2.05) is 30.0 Å². The van der Waals surface area contributed by atoms with Crippen molar-refractivity contribution in [1.29, 1.82) is 0 Å². The van der Waals surface area contributed by atoms with Crippen LogP contribution in [0.4, 0.5) is 0 Å². The van der Waals surface area contributed by atoms with Crippen LogP contribution >= 0.6 is 0 Å². The summed E-state index contributed by atoms with van der Waals surface area (Å²) in [4.78, 5) is 21.5. The fraction of sp³-hybridized carbons (Fsp3) is 0.381. The van der Waals surface area contributed by atoms with E-state index in [1.165, 1.54) is 5.56 Å². The maximum Gasteiger partial charge on any atom is 0.257 e. The Morgan fingerprint density at radius 2 is 2.00 bits per heavy atom. The van der Waals surface area contributed by atoms with Gasteiger partial charge in [0.1, 0.15) is 5.75 Å². The van der Waals surface area contributed by atoms with E-state index in [-0.39, 0.29) is 5.91 Å². The molecule has 1 aromatic carbocycles. The lowest BCUT2D eigenvalue weighted by molar-refractivity contribution is 0.0761. The molecule has 4 rings (SSSR count). The molecule has 0 unspecified atom stereocenters. The molecule has 28 heavy (non-hydrogen) atoms. The zero-order valence-corrected chi connectivity index (χ0v) is 16.2. The summed E-state index contributed by atoms with van der Waals surface area (Å²) in [6.45, 7) is 6.00. The van der Waals surface area contributed by atoms with E-state index in [0.717, 1.165) is 49.4 Å². The molecule has 0 bridgehead atoms. The molecular weight excluding hydrogens is 356 g/mol. The van der Waals surface area contributed by atoms with E-state index in [9.17, 15) is 4.79 Å². The highest BCUT2D eigenvalue weighted by Gasteiger charge is 2.21. The van der Waals surface area contributed by atoms with E-state index < -0.39 is 0 Å². The Kier molecular flexibility index (Phi) is 5.25. The first kappa shape index (κ1) is 18.4. The predicted molar refractivity (Wildman–Crippen MR) is 105 cm³/mol. The number of fused-ring (bicyclic) bond motifs is 1. The van der Waals surface area contributed by atoms with Crippen molar-refractivity contribution < 1.29 is 14.1 Å². The lowest BCUT2D eigenvalue weighted by Crippen LogP contribution is -2.35. The Bertz CT molecular complexity index is 967. The number of rotatable bonds is 4. The Morgan fingerprint density at radius 1 is 1.18 bits per heavy atom. The summed E-state index contributed by atoms with van der Waals surface area (Å²) in [7, 11) is 1.67. The molecule has 1 aliphatic rings. The summed E-state index contributed by atoms with van der Waals surface area (Å²) in [5, 5.41) is 4.70. The van der Waals surface area contributed by atoms with Crippen LogP contribution in [0.2, 0.25) is 0 Å². The zero-order chi connectivity index (χ0) is 19.5. The summed E-state index contributed by atoms with van der Waals surface area (Å²) in [5.74, 6) is 0.881. The van der Waals surface area contributed by atoms with Crippen molar-refractivity contribution in [2.75, 3.05) is 33.3 Å². The number of carbonyl (C=O) groups is 1. The SMILES string of the molecule is COc1ccc(CN2CCCN(C(=O)c3cnc4onc(C)c4c3)CC2)cc1. The average molecular weight is 380 g/mol. The van der Waals surface area contributed by atoms with E-state index in [1.54, 1.807) is 13.3 Å². The molecule has 7 heteroatoms. The van der Waals surface area contributed by atoms with Gasteiger partial charge in [-0.2, -0.15) is 0 Å². The van der Waals surface area contributed by atoms with Crippen LogP contribution in [0.5, 0.6) is 5.75 Å². The standard InChI is InChI=1S/C21H24N4O3/c1-15-19-12-17(13-22-20(19)28-23-15)21(26)25-9-3-8-24(10-11-25)14-16-4-6-18(27-2)7-5-16/h4-7,12-13H,3,8-11,14H2,1-2H3. The fourth-order valence-corrected chi connectivity index (χ4v) is 3.57. The molecule has 3 heterocycles. The number of nitrogens with zero attached hydrogens (tertiary/aromatic N) is 4. The first-order valence-corrected chi connectivity index (χ1v) is 9.50. The molecule has 1 fully saturated rings. The molecule has 0 spiro atoms. The third-order valence-corrected chi connectivity index (χ3v) is 5.20. The quantitative estimate of drug-likeness (QED) is 0.693. The van der Waals surface area contributed by atoms with E-state index in [0.29, 0.717) is 17.8 Å². The summed E-state index contributed by atoms with van der Waals surface area (Å²) in [6.07, 6.45) is 2.53. The topological polar surface area (TPSA) is 71.7 Å². The summed E-state index contributed by atoms with van der Waals surface area (Å²) < 4.78 is 10.4. The number of pyridine rings is 1. The highest BCUT2D eigenvalue weighted by Crippen LogP contribution is 2.19. The van der Waals surface area contributed by atoms with E-state index in [2.05, 4.69) is 27.2 Å². The maximum absolute atomic E-state index is 13.0. The third kappa shape index (κ3) is 3.84. The van der Waals surface area contributed by atoms with Crippen molar-refractivity contribution in [3.63, 3.8) is 0 Å². The number of amides is 1. The van der Waals surface area contributed by atoms with Gasteiger partial charge in [-0.15, -0.1) is 0 Å². The van der Waals surface area contributed by atoms with Gasteiger partial charge in [0.05, 0.1) is 23.8 Å². The van der Waals surface area contributed by atoms with Crippen molar-refractivity contribution in [2.24, 2.45) is 0 Å². The highest BCUT2D eigenvalue weighted by atomic mass is 16.5. The van der Waals surface area contributed by atoms with Crippen LogP contribution in [-0.4, -0.2) is 59.1 Å². The van der Waals surface area contributed by atoms with Crippen LogP contribution in [0.1, 0.15) is 28.0 Å². The van der Waals surface area contributed by atoms with Gasteiger partial charge in [-0.3, -0.25) is 9.69 Å². The second-order valence-electron chi connectivity index (χ2n) is 7.11. The predicted octanol–water partition coefficient (Wildman–Crippen LogP) is 2.89. The molecule has 3 aromatic rings. The number of methoxy groups -OCH3 is 1. The van der Waals surface area contributed by atoms with Gasteiger partial charge in [-0.1, -0.05) is 17.3 Å². The molecule has 0 aliphatic carbocycles. The highest BCUT2D eigenvalue weighted by molar-refractivity contribution is 5.97. The molecular formula is C21H24N4O3. The minimum Gasteiger partial charge on any atom is -0.497 e.